The molecule has 0 aromatic heterocycles. The van der Waals surface area contributed by atoms with Crippen molar-refractivity contribution in [2.24, 2.45) is 0 Å². The molecular formula is C29H35N3O6. The summed E-state index contributed by atoms with van der Waals surface area (Å²) in [6, 6.07) is 14.2. The topological polar surface area (TPSA) is 111 Å². The van der Waals surface area contributed by atoms with Gasteiger partial charge in [-0.15, -0.1) is 0 Å². The first-order chi connectivity index (χ1) is 18.3. The van der Waals surface area contributed by atoms with E-state index >= 15 is 0 Å². The minimum Gasteiger partial charge on any atom is -0.466 e. The molecule has 0 bridgehead atoms. The Labute approximate surface area is 223 Å². The van der Waals surface area contributed by atoms with Crippen molar-refractivity contribution in [2.75, 3.05) is 26.8 Å². The molecule has 4 rings (SSSR count). The van der Waals surface area contributed by atoms with Gasteiger partial charge in [0.1, 0.15) is 6.61 Å². The van der Waals surface area contributed by atoms with Crippen molar-refractivity contribution in [3.63, 3.8) is 0 Å². The molecule has 0 saturated heterocycles. The van der Waals surface area contributed by atoms with Gasteiger partial charge in [-0.2, -0.15) is 0 Å². The monoisotopic (exact) mass is 521 g/mol. The number of non-ortho nitro benzene ring substituents is 1. The number of nitro groups is 1. The van der Waals surface area contributed by atoms with Gasteiger partial charge in [0.2, 0.25) is 0 Å². The Balaban J connectivity index is 0.00000195. The lowest BCUT2D eigenvalue weighted by atomic mass is 9.80. The average Bonchev–Trinajstić information content (AvgIpc) is 2.93. The van der Waals surface area contributed by atoms with Gasteiger partial charge in [0.05, 0.1) is 29.1 Å². The van der Waals surface area contributed by atoms with Crippen LogP contribution in [0, 0.1) is 10.1 Å². The quantitative estimate of drug-likeness (QED) is 0.319. The second kappa shape index (κ2) is 13.0. The van der Waals surface area contributed by atoms with E-state index in [0.29, 0.717) is 23.5 Å². The van der Waals surface area contributed by atoms with E-state index in [1.165, 1.54) is 36.4 Å². The number of rotatable bonds is 7. The van der Waals surface area contributed by atoms with Crippen LogP contribution in [0.1, 0.15) is 50.3 Å². The van der Waals surface area contributed by atoms with E-state index < -0.39 is 22.8 Å². The number of nitrogens with one attached hydrogen (secondary N) is 1. The number of carbonyl (C=O) groups is 2. The number of fused-ring (bicyclic) bond motifs is 1. The number of benzene rings is 2. The Bertz CT molecular complexity index is 1270. The van der Waals surface area contributed by atoms with Crippen LogP contribution in [0.4, 0.5) is 5.69 Å². The van der Waals surface area contributed by atoms with E-state index in [0.717, 1.165) is 19.5 Å². The van der Waals surface area contributed by atoms with E-state index in [9.17, 15) is 19.7 Å². The molecule has 9 nitrogen and oxygen atoms in total. The number of methoxy groups -OCH3 is 1. The molecule has 2 aromatic rings. The summed E-state index contributed by atoms with van der Waals surface area (Å²) in [4.78, 5) is 39.2. The van der Waals surface area contributed by atoms with Gasteiger partial charge >= 0.3 is 11.9 Å². The van der Waals surface area contributed by atoms with Gasteiger partial charge in [-0.3, -0.25) is 15.0 Å². The van der Waals surface area contributed by atoms with Crippen LogP contribution in [0.25, 0.3) is 0 Å². The zero-order valence-corrected chi connectivity index (χ0v) is 22.6. The third-order valence-electron chi connectivity index (χ3n) is 6.65. The molecule has 0 radical (unpaired) electrons. The second-order valence-corrected chi connectivity index (χ2v) is 8.91. The maximum absolute atomic E-state index is 13.4. The Morgan fingerprint density at radius 2 is 1.68 bits per heavy atom. The van der Waals surface area contributed by atoms with Crippen molar-refractivity contribution in [1.82, 2.24) is 10.2 Å². The van der Waals surface area contributed by atoms with Gasteiger partial charge in [-0.05, 0) is 37.0 Å². The molecule has 202 valence electrons. The van der Waals surface area contributed by atoms with Gasteiger partial charge in [-0.1, -0.05) is 50.2 Å². The van der Waals surface area contributed by atoms with Crippen LogP contribution in [0.15, 0.2) is 71.1 Å². The minimum atomic E-state index is -0.868. The summed E-state index contributed by atoms with van der Waals surface area (Å²) in [5, 5.41) is 14.5. The number of carbonyl (C=O) groups excluding carboxylic acids is 2. The number of esters is 2. The van der Waals surface area contributed by atoms with Gasteiger partial charge in [0.25, 0.3) is 5.69 Å². The summed E-state index contributed by atoms with van der Waals surface area (Å²) >= 11 is 0. The molecule has 1 atom stereocenters. The molecule has 2 heterocycles. The fourth-order valence-electron chi connectivity index (χ4n) is 4.89. The lowest BCUT2D eigenvalue weighted by Crippen LogP contribution is -2.35. The van der Waals surface area contributed by atoms with E-state index in [1.54, 1.807) is 19.9 Å². The SMILES string of the molecule is CC.COC(=O)C1=C(C)NC(C)=C(C(=O)OCCN2CCc3ccccc3C2)C1c1cccc([N+](=O)[O-])c1. The molecule has 0 saturated carbocycles. The number of hydrogen-bond acceptors (Lipinski definition) is 8. The van der Waals surface area contributed by atoms with Gasteiger partial charge in [-0.25, -0.2) is 9.59 Å². The lowest BCUT2D eigenvalue weighted by molar-refractivity contribution is -0.384. The number of nitro benzene ring substituents is 1. The Kier molecular flexibility index (Phi) is 9.78. The Morgan fingerprint density at radius 3 is 2.34 bits per heavy atom. The molecule has 2 aliphatic rings. The van der Waals surface area contributed by atoms with Crippen molar-refractivity contribution < 1.29 is 24.0 Å². The number of ether oxygens (including phenoxy) is 2. The predicted octanol–water partition coefficient (Wildman–Crippen LogP) is 4.63. The third-order valence-corrected chi connectivity index (χ3v) is 6.65. The van der Waals surface area contributed by atoms with Crippen LogP contribution in [0.3, 0.4) is 0 Å². The van der Waals surface area contributed by atoms with Gasteiger partial charge in [0, 0.05) is 43.2 Å². The highest BCUT2D eigenvalue weighted by molar-refractivity contribution is 5.99. The van der Waals surface area contributed by atoms with Crippen LogP contribution in [0.2, 0.25) is 0 Å². The Morgan fingerprint density at radius 1 is 1.03 bits per heavy atom. The molecule has 1 unspecified atom stereocenters. The first-order valence-corrected chi connectivity index (χ1v) is 12.8. The first-order valence-electron chi connectivity index (χ1n) is 12.8. The number of dihydropyridines is 1. The van der Waals surface area contributed by atoms with E-state index in [4.69, 9.17) is 9.47 Å². The molecular weight excluding hydrogens is 486 g/mol. The summed E-state index contributed by atoms with van der Waals surface area (Å²) in [6.45, 7) is 9.84. The number of nitrogens with zero attached hydrogens (tertiary/aromatic N) is 2. The summed E-state index contributed by atoms with van der Waals surface area (Å²) in [7, 11) is 1.26. The summed E-state index contributed by atoms with van der Waals surface area (Å²) in [5.41, 5.74) is 4.39. The summed E-state index contributed by atoms with van der Waals surface area (Å²) in [5.74, 6) is -2.07. The van der Waals surface area contributed by atoms with Crippen LogP contribution in [-0.2, 0) is 32.0 Å². The predicted molar refractivity (Wildman–Crippen MR) is 144 cm³/mol. The van der Waals surface area contributed by atoms with E-state index in [-0.39, 0.29) is 23.4 Å². The van der Waals surface area contributed by atoms with Crippen molar-refractivity contribution in [2.45, 2.75) is 46.6 Å². The van der Waals surface area contributed by atoms with Crippen molar-refractivity contribution in [3.05, 3.63) is 97.9 Å². The number of hydrogen-bond donors (Lipinski definition) is 1. The Hall–Kier alpha value is -3.98. The molecule has 0 amide bonds. The molecule has 0 aliphatic carbocycles. The molecule has 2 aliphatic heterocycles. The maximum Gasteiger partial charge on any atom is 0.336 e. The molecule has 38 heavy (non-hydrogen) atoms. The highest BCUT2D eigenvalue weighted by atomic mass is 16.6. The largest absolute Gasteiger partial charge is 0.466 e. The van der Waals surface area contributed by atoms with Crippen LogP contribution >= 0.6 is 0 Å². The highest BCUT2D eigenvalue weighted by Crippen LogP contribution is 2.40. The van der Waals surface area contributed by atoms with Crippen molar-refractivity contribution >= 4 is 17.6 Å². The minimum absolute atomic E-state index is 0.136. The smallest absolute Gasteiger partial charge is 0.336 e. The van der Waals surface area contributed by atoms with Crippen LogP contribution < -0.4 is 5.32 Å². The second-order valence-electron chi connectivity index (χ2n) is 8.91. The van der Waals surface area contributed by atoms with Crippen molar-refractivity contribution in [1.29, 1.82) is 0 Å². The summed E-state index contributed by atoms with van der Waals surface area (Å²) < 4.78 is 10.7. The third kappa shape index (κ3) is 6.28. The normalized spacial score (nSPS) is 17.0. The summed E-state index contributed by atoms with van der Waals surface area (Å²) in [6.07, 6.45) is 0.944. The van der Waals surface area contributed by atoms with Gasteiger partial charge in [0.15, 0.2) is 0 Å². The standard InChI is InChI=1S/C27H29N3O6.C2H6/c1-17-23(26(31)35-3)25(20-9-6-10-22(15-20)30(33)34)24(18(2)28-17)27(32)36-14-13-29-12-11-19-7-4-5-8-21(19)16-29;1-2/h4-10,15,25,28H,11-14,16H2,1-3H3;1-2H3. The first kappa shape index (κ1) is 28.6. The van der Waals surface area contributed by atoms with Crippen molar-refractivity contribution in [3.8, 4) is 0 Å². The number of allylic oxidation sites excluding steroid dienone is 2. The van der Waals surface area contributed by atoms with Gasteiger partial charge < -0.3 is 14.8 Å². The highest BCUT2D eigenvalue weighted by Gasteiger charge is 2.38. The van der Waals surface area contributed by atoms with Crippen LogP contribution in [0.5, 0.6) is 0 Å². The molecule has 0 fully saturated rings. The maximum atomic E-state index is 13.4. The zero-order chi connectivity index (χ0) is 27.8. The van der Waals surface area contributed by atoms with Crippen LogP contribution in [-0.4, -0.2) is 48.6 Å². The lowest BCUT2D eigenvalue weighted by Gasteiger charge is -2.31. The molecule has 1 N–H and O–H groups in total. The van der Waals surface area contributed by atoms with E-state index in [1.807, 2.05) is 26.0 Å². The molecule has 9 heteroatoms. The average molecular weight is 522 g/mol. The zero-order valence-electron chi connectivity index (χ0n) is 22.6. The molecule has 2 aromatic carbocycles. The molecule has 0 spiro atoms. The fourth-order valence-corrected chi connectivity index (χ4v) is 4.89. The fraction of sp³-hybridized carbons (Fsp3) is 0.379. The van der Waals surface area contributed by atoms with E-state index in [2.05, 4.69) is 22.3 Å².